The molecule has 1 rings (SSSR count). The summed E-state index contributed by atoms with van der Waals surface area (Å²) in [7, 11) is 0. The highest BCUT2D eigenvalue weighted by atomic mass is 19.4. The van der Waals surface area contributed by atoms with E-state index in [-0.39, 0.29) is 18.8 Å². The van der Waals surface area contributed by atoms with Crippen LogP contribution in [0, 0.1) is 34.6 Å². The molecular formula is C16H21F3O2. The van der Waals surface area contributed by atoms with Gasteiger partial charge in [0.25, 0.3) is 0 Å². The van der Waals surface area contributed by atoms with Gasteiger partial charge in [0.1, 0.15) is 6.61 Å². The number of halogens is 3. The van der Waals surface area contributed by atoms with Gasteiger partial charge >= 0.3 is 6.18 Å². The molecule has 0 aliphatic rings. The molecule has 0 aliphatic heterocycles. The van der Waals surface area contributed by atoms with Gasteiger partial charge < -0.3 is 4.74 Å². The van der Waals surface area contributed by atoms with Crippen LogP contribution in [0.2, 0.25) is 0 Å². The zero-order chi connectivity index (χ0) is 16.4. The van der Waals surface area contributed by atoms with Crippen molar-refractivity contribution in [3.05, 3.63) is 33.4 Å². The standard InChI is InChI=1S/C16H21F3O2/c1-9-10(2)12(4)15(13(5)11(9)3)14(20)6-7-21-8-16(17,18)19/h6-8H2,1-5H3. The van der Waals surface area contributed by atoms with Crippen LogP contribution in [0.3, 0.4) is 0 Å². The van der Waals surface area contributed by atoms with Crippen molar-refractivity contribution in [2.75, 3.05) is 13.2 Å². The highest BCUT2D eigenvalue weighted by Crippen LogP contribution is 2.27. The summed E-state index contributed by atoms with van der Waals surface area (Å²) in [4.78, 5) is 12.3. The Hall–Kier alpha value is -1.36. The van der Waals surface area contributed by atoms with Crippen molar-refractivity contribution < 1.29 is 22.7 Å². The Bertz CT molecular complexity index is 516. The third kappa shape index (κ3) is 4.30. The van der Waals surface area contributed by atoms with Gasteiger partial charge in [-0.3, -0.25) is 4.79 Å². The highest BCUT2D eigenvalue weighted by Gasteiger charge is 2.27. The van der Waals surface area contributed by atoms with Crippen LogP contribution in [0.5, 0.6) is 0 Å². The first kappa shape index (κ1) is 17.7. The normalized spacial score (nSPS) is 11.8. The van der Waals surface area contributed by atoms with E-state index in [1.54, 1.807) is 0 Å². The first-order valence-corrected chi connectivity index (χ1v) is 6.81. The summed E-state index contributed by atoms with van der Waals surface area (Å²) in [6, 6.07) is 0. The molecular weight excluding hydrogens is 281 g/mol. The molecule has 1 aromatic carbocycles. The number of carbonyl (C=O) groups excluding carboxylic acids is 1. The lowest BCUT2D eigenvalue weighted by atomic mass is 9.87. The number of rotatable bonds is 5. The lowest BCUT2D eigenvalue weighted by molar-refractivity contribution is -0.173. The fraction of sp³-hybridized carbons (Fsp3) is 0.562. The number of carbonyl (C=O) groups is 1. The molecule has 1 aromatic rings. The molecule has 0 saturated carbocycles. The largest absolute Gasteiger partial charge is 0.411 e. The van der Waals surface area contributed by atoms with Crippen molar-refractivity contribution in [1.29, 1.82) is 0 Å². The second-order valence-corrected chi connectivity index (χ2v) is 5.34. The topological polar surface area (TPSA) is 26.3 Å². The monoisotopic (exact) mass is 302 g/mol. The van der Waals surface area contributed by atoms with E-state index in [1.165, 1.54) is 0 Å². The second kappa shape index (κ2) is 6.60. The maximum atomic E-state index is 12.3. The van der Waals surface area contributed by atoms with Gasteiger partial charge in [0.15, 0.2) is 5.78 Å². The zero-order valence-electron chi connectivity index (χ0n) is 13.1. The maximum absolute atomic E-state index is 12.3. The van der Waals surface area contributed by atoms with Crippen molar-refractivity contribution >= 4 is 5.78 Å². The highest BCUT2D eigenvalue weighted by molar-refractivity contribution is 5.99. The van der Waals surface area contributed by atoms with E-state index in [9.17, 15) is 18.0 Å². The quantitative estimate of drug-likeness (QED) is 0.596. The lowest BCUT2D eigenvalue weighted by Gasteiger charge is -2.18. The van der Waals surface area contributed by atoms with Gasteiger partial charge in [-0.25, -0.2) is 0 Å². The first-order chi connectivity index (χ1) is 9.56. The van der Waals surface area contributed by atoms with Crippen molar-refractivity contribution in [3.63, 3.8) is 0 Å². The van der Waals surface area contributed by atoms with Gasteiger partial charge in [-0.15, -0.1) is 0 Å². The minimum Gasteiger partial charge on any atom is -0.372 e. The third-order valence-corrected chi connectivity index (χ3v) is 4.02. The molecule has 118 valence electrons. The number of benzene rings is 1. The lowest BCUT2D eigenvalue weighted by Crippen LogP contribution is -2.19. The summed E-state index contributed by atoms with van der Waals surface area (Å²) < 4.78 is 40.4. The number of ketones is 1. The van der Waals surface area contributed by atoms with Crippen LogP contribution >= 0.6 is 0 Å². The molecule has 0 bridgehead atoms. The van der Waals surface area contributed by atoms with E-state index >= 15 is 0 Å². The third-order valence-electron chi connectivity index (χ3n) is 4.02. The summed E-state index contributed by atoms with van der Waals surface area (Å²) in [5.41, 5.74) is 5.67. The Morgan fingerprint density at radius 3 is 1.76 bits per heavy atom. The molecule has 0 aromatic heterocycles. The summed E-state index contributed by atoms with van der Waals surface area (Å²) in [6.45, 7) is 8.12. The Morgan fingerprint density at radius 1 is 0.905 bits per heavy atom. The van der Waals surface area contributed by atoms with Crippen LogP contribution in [0.25, 0.3) is 0 Å². The number of ether oxygens (including phenoxy) is 1. The Morgan fingerprint density at radius 2 is 1.33 bits per heavy atom. The molecule has 0 fully saturated rings. The van der Waals surface area contributed by atoms with Gasteiger partial charge in [0.2, 0.25) is 0 Å². The van der Waals surface area contributed by atoms with Gasteiger partial charge in [-0.05, 0) is 62.4 Å². The smallest absolute Gasteiger partial charge is 0.372 e. The summed E-state index contributed by atoms with van der Waals surface area (Å²) in [6.07, 6.45) is -4.40. The molecule has 0 spiro atoms. The Kier molecular flexibility index (Phi) is 5.56. The number of hydrogen-bond donors (Lipinski definition) is 0. The van der Waals surface area contributed by atoms with Crippen LogP contribution < -0.4 is 0 Å². The van der Waals surface area contributed by atoms with E-state index in [4.69, 9.17) is 0 Å². The predicted octanol–water partition coefficient (Wildman–Crippen LogP) is 4.38. The predicted molar refractivity (Wildman–Crippen MR) is 75.9 cm³/mol. The number of Topliss-reactive ketones (excluding diaryl/α,β-unsaturated/α-hetero) is 1. The van der Waals surface area contributed by atoms with Crippen LogP contribution in [-0.4, -0.2) is 25.2 Å². The van der Waals surface area contributed by atoms with E-state index in [0.29, 0.717) is 5.56 Å². The fourth-order valence-corrected chi connectivity index (χ4v) is 2.40. The average molecular weight is 302 g/mol. The van der Waals surface area contributed by atoms with Gasteiger partial charge in [0.05, 0.1) is 6.61 Å². The number of hydrogen-bond acceptors (Lipinski definition) is 2. The molecule has 21 heavy (non-hydrogen) atoms. The van der Waals surface area contributed by atoms with Gasteiger partial charge in [-0.2, -0.15) is 13.2 Å². The zero-order valence-corrected chi connectivity index (χ0v) is 13.1. The molecule has 0 unspecified atom stereocenters. The van der Waals surface area contributed by atoms with Crippen molar-refractivity contribution in [1.82, 2.24) is 0 Å². The molecule has 5 heteroatoms. The van der Waals surface area contributed by atoms with Crippen molar-refractivity contribution in [3.8, 4) is 0 Å². The van der Waals surface area contributed by atoms with Gasteiger partial charge in [-0.1, -0.05) is 0 Å². The molecule has 0 aliphatic carbocycles. The van der Waals surface area contributed by atoms with Crippen molar-refractivity contribution in [2.45, 2.75) is 47.2 Å². The minimum absolute atomic E-state index is 0.0420. The van der Waals surface area contributed by atoms with E-state index in [2.05, 4.69) is 4.74 Å². The van der Waals surface area contributed by atoms with E-state index in [0.717, 1.165) is 27.8 Å². The molecule has 0 saturated heterocycles. The van der Waals surface area contributed by atoms with E-state index in [1.807, 2.05) is 34.6 Å². The molecule has 2 nitrogen and oxygen atoms in total. The SMILES string of the molecule is Cc1c(C)c(C)c(C(=O)CCOCC(F)(F)F)c(C)c1C. The fourth-order valence-electron chi connectivity index (χ4n) is 2.40. The van der Waals surface area contributed by atoms with Gasteiger partial charge in [0, 0.05) is 12.0 Å². The second-order valence-electron chi connectivity index (χ2n) is 5.34. The molecule has 0 atom stereocenters. The number of alkyl halides is 3. The minimum atomic E-state index is -4.36. The van der Waals surface area contributed by atoms with E-state index < -0.39 is 12.8 Å². The maximum Gasteiger partial charge on any atom is 0.411 e. The molecule has 0 amide bonds. The molecule has 0 radical (unpaired) electrons. The summed E-state index contributed by atoms with van der Waals surface area (Å²) in [5.74, 6) is -0.168. The van der Waals surface area contributed by atoms with Crippen LogP contribution in [0.15, 0.2) is 0 Å². The Labute approximate surface area is 123 Å². The molecule has 0 heterocycles. The summed E-state index contributed by atoms with van der Waals surface area (Å²) >= 11 is 0. The van der Waals surface area contributed by atoms with Crippen LogP contribution in [0.1, 0.15) is 44.6 Å². The summed E-state index contributed by atoms with van der Waals surface area (Å²) in [5, 5.41) is 0. The van der Waals surface area contributed by atoms with Crippen LogP contribution in [0.4, 0.5) is 13.2 Å². The van der Waals surface area contributed by atoms with Crippen molar-refractivity contribution in [2.24, 2.45) is 0 Å². The average Bonchev–Trinajstić information content (AvgIpc) is 2.38. The van der Waals surface area contributed by atoms with Crippen LogP contribution in [-0.2, 0) is 4.74 Å². The molecule has 0 N–H and O–H groups in total. The Balaban J connectivity index is 2.85. The first-order valence-electron chi connectivity index (χ1n) is 6.81.